The van der Waals surface area contributed by atoms with Crippen LogP contribution in [0.2, 0.25) is 0 Å². The van der Waals surface area contributed by atoms with Crippen LogP contribution in [0.3, 0.4) is 0 Å². The number of carbonyl (C=O) groups excluding carboxylic acids is 2. The van der Waals surface area contributed by atoms with Crippen molar-refractivity contribution in [1.29, 1.82) is 0 Å². The van der Waals surface area contributed by atoms with E-state index in [2.05, 4.69) is 28.0 Å². The molecule has 4 rings (SSSR count). The van der Waals surface area contributed by atoms with E-state index in [1.807, 2.05) is 60.7 Å². The molecule has 0 fully saturated rings. The van der Waals surface area contributed by atoms with E-state index in [-0.39, 0.29) is 18.4 Å². The average molecular weight is 496 g/mol. The van der Waals surface area contributed by atoms with Gasteiger partial charge in [0.05, 0.1) is 6.21 Å². The summed E-state index contributed by atoms with van der Waals surface area (Å²) >= 11 is 1.75. The third kappa shape index (κ3) is 7.85. The van der Waals surface area contributed by atoms with Crippen LogP contribution in [0.15, 0.2) is 119 Å². The number of benzene rings is 4. The lowest BCUT2D eigenvalue weighted by Gasteiger charge is -2.07. The second-order valence-electron chi connectivity index (χ2n) is 7.77. The van der Waals surface area contributed by atoms with Gasteiger partial charge >= 0.3 is 0 Å². The minimum Gasteiger partial charge on any atom is -0.484 e. The number of carbonyl (C=O) groups is 2. The average Bonchev–Trinajstić information content (AvgIpc) is 2.93. The molecular formula is C29H25N3O3S. The molecule has 0 atom stereocenters. The number of nitrogens with zero attached hydrogens (tertiary/aromatic N) is 1. The van der Waals surface area contributed by atoms with Gasteiger partial charge < -0.3 is 10.1 Å². The fraction of sp³-hybridized carbons (Fsp3) is 0.0690. The minimum atomic E-state index is -0.280. The van der Waals surface area contributed by atoms with Crippen LogP contribution >= 0.6 is 11.8 Å². The van der Waals surface area contributed by atoms with Gasteiger partial charge in [-0.1, -0.05) is 48.5 Å². The van der Waals surface area contributed by atoms with Crippen molar-refractivity contribution in [2.24, 2.45) is 5.10 Å². The summed E-state index contributed by atoms with van der Waals surface area (Å²) in [7, 11) is 0. The second-order valence-corrected chi connectivity index (χ2v) is 8.82. The monoisotopic (exact) mass is 495 g/mol. The van der Waals surface area contributed by atoms with Crippen LogP contribution in [-0.2, 0) is 10.5 Å². The number of hydrogen-bond donors (Lipinski definition) is 2. The number of anilines is 1. The number of thioether (sulfide) groups is 1. The Hall–Kier alpha value is -4.36. The van der Waals surface area contributed by atoms with Crippen molar-refractivity contribution in [3.05, 3.63) is 126 Å². The maximum Gasteiger partial charge on any atom is 0.271 e. The molecule has 0 aromatic heterocycles. The molecular weight excluding hydrogens is 470 g/mol. The molecule has 0 saturated heterocycles. The molecule has 2 amide bonds. The van der Waals surface area contributed by atoms with E-state index in [0.29, 0.717) is 11.3 Å². The Kier molecular flexibility index (Phi) is 8.89. The van der Waals surface area contributed by atoms with E-state index in [1.165, 1.54) is 4.90 Å². The number of nitrogens with one attached hydrogen (secondary N) is 2. The van der Waals surface area contributed by atoms with E-state index in [9.17, 15) is 9.59 Å². The number of hydrazone groups is 1. The second kappa shape index (κ2) is 12.9. The Morgan fingerprint density at radius 2 is 1.47 bits per heavy atom. The van der Waals surface area contributed by atoms with Crippen molar-refractivity contribution in [3.63, 3.8) is 0 Å². The zero-order valence-corrected chi connectivity index (χ0v) is 20.3. The van der Waals surface area contributed by atoms with Crippen molar-refractivity contribution in [2.75, 3.05) is 11.9 Å². The lowest BCUT2D eigenvalue weighted by molar-refractivity contribution is -0.118. The highest BCUT2D eigenvalue weighted by Gasteiger charge is 2.05. The largest absolute Gasteiger partial charge is 0.484 e. The zero-order chi connectivity index (χ0) is 25.0. The molecule has 0 aliphatic heterocycles. The summed E-state index contributed by atoms with van der Waals surface area (Å²) in [5.74, 6) is 0.877. The molecule has 0 unspecified atom stereocenters. The van der Waals surface area contributed by atoms with Crippen LogP contribution in [0.1, 0.15) is 21.5 Å². The van der Waals surface area contributed by atoms with Crippen LogP contribution in [0, 0.1) is 0 Å². The summed E-state index contributed by atoms with van der Waals surface area (Å²) in [4.78, 5) is 25.6. The predicted octanol–water partition coefficient (Wildman–Crippen LogP) is 5.76. The lowest BCUT2D eigenvalue weighted by atomic mass is 10.1. The van der Waals surface area contributed by atoms with Crippen molar-refractivity contribution >= 4 is 35.5 Å². The van der Waals surface area contributed by atoms with Crippen molar-refractivity contribution in [3.8, 4) is 5.75 Å². The minimum absolute atomic E-state index is 0.0951. The summed E-state index contributed by atoms with van der Waals surface area (Å²) in [6.45, 7) is -0.0951. The first-order valence-corrected chi connectivity index (χ1v) is 12.3. The molecule has 4 aromatic carbocycles. The first-order chi connectivity index (χ1) is 17.7. The van der Waals surface area contributed by atoms with Crippen LogP contribution in [0.25, 0.3) is 0 Å². The van der Waals surface area contributed by atoms with Crippen LogP contribution in [-0.4, -0.2) is 24.6 Å². The Balaban J connectivity index is 1.20. The Bertz CT molecular complexity index is 1290. The highest BCUT2D eigenvalue weighted by Crippen LogP contribution is 2.22. The third-order valence-electron chi connectivity index (χ3n) is 5.05. The Morgan fingerprint density at radius 3 is 2.17 bits per heavy atom. The van der Waals surface area contributed by atoms with E-state index in [4.69, 9.17) is 4.74 Å². The maximum atomic E-state index is 12.4. The molecule has 6 nitrogen and oxygen atoms in total. The Labute approximate surface area is 214 Å². The van der Waals surface area contributed by atoms with Gasteiger partial charge in [-0.2, -0.15) is 5.10 Å². The van der Waals surface area contributed by atoms with Gasteiger partial charge in [0.15, 0.2) is 6.61 Å². The van der Waals surface area contributed by atoms with Gasteiger partial charge in [0.1, 0.15) is 5.75 Å². The van der Waals surface area contributed by atoms with Crippen molar-refractivity contribution in [1.82, 2.24) is 5.43 Å². The molecule has 2 N–H and O–H groups in total. The van der Waals surface area contributed by atoms with Gasteiger partial charge in [-0.3, -0.25) is 9.59 Å². The van der Waals surface area contributed by atoms with Crippen LogP contribution < -0.4 is 15.5 Å². The molecule has 0 spiro atoms. The lowest BCUT2D eigenvalue weighted by Crippen LogP contribution is -2.20. The molecule has 0 saturated carbocycles. The number of rotatable bonds is 10. The maximum absolute atomic E-state index is 12.4. The number of ether oxygens (including phenoxy) is 1. The van der Waals surface area contributed by atoms with Crippen LogP contribution in [0.5, 0.6) is 5.75 Å². The fourth-order valence-corrected chi connectivity index (χ4v) is 4.06. The summed E-state index contributed by atoms with van der Waals surface area (Å²) in [6.07, 6.45) is 1.55. The van der Waals surface area contributed by atoms with Crippen molar-refractivity contribution < 1.29 is 14.3 Å². The zero-order valence-electron chi connectivity index (χ0n) is 19.5. The summed E-state index contributed by atoms with van der Waals surface area (Å²) in [5.41, 5.74) is 5.73. The normalized spacial score (nSPS) is 10.7. The summed E-state index contributed by atoms with van der Waals surface area (Å²) in [5, 5.41) is 6.80. The van der Waals surface area contributed by atoms with E-state index in [1.54, 1.807) is 54.4 Å². The van der Waals surface area contributed by atoms with Crippen LogP contribution in [0.4, 0.5) is 5.69 Å². The molecule has 0 aliphatic rings. The van der Waals surface area contributed by atoms with Crippen molar-refractivity contribution in [2.45, 2.75) is 10.6 Å². The SMILES string of the molecule is O=C(COc1ccc(/C=N/NC(=O)c2ccc(CSc3ccccc3)cc2)cc1)Nc1ccccc1. The topological polar surface area (TPSA) is 79.8 Å². The number of hydrogen-bond acceptors (Lipinski definition) is 5. The van der Waals surface area contributed by atoms with Gasteiger partial charge in [0.25, 0.3) is 11.8 Å². The highest BCUT2D eigenvalue weighted by molar-refractivity contribution is 7.98. The molecule has 0 aliphatic carbocycles. The van der Waals surface area contributed by atoms with Gasteiger partial charge in [0.2, 0.25) is 0 Å². The van der Waals surface area contributed by atoms with Gasteiger partial charge in [0, 0.05) is 21.9 Å². The molecule has 36 heavy (non-hydrogen) atoms. The first-order valence-electron chi connectivity index (χ1n) is 11.3. The Morgan fingerprint density at radius 1 is 0.806 bits per heavy atom. The highest BCUT2D eigenvalue weighted by atomic mass is 32.2. The van der Waals surface area contributed by atoms with E-state index < -0.39 is 0 Å². The van der Waals surface area contributed by atoms with Gasteiger partial charge in [-0.15, -0.1) is 11.8 Å². The third-order valence-corrected chi connectivity index (χ3v) is 6.14. The number of para-hydroxylation sites is 1. The van der Waals surface area contributed by atoms with E-state index in [0.717, 1.165) is 22.6 Å². The molecule has 0 heterocycles. The van der Waals surface area contributed by atoms with E-state index >= 15 is 0 Å². The smallest absolute Gasteiger partial charge is 0.271 e. The first kappa shape index (κ1) is 24.8. The predicted molar refractivity (Wildman–Crippen MR) is 145 cm³/mol. The summed E-state index contributed by atoms with van der Waals surface area (Å²) in [6, 6.07) is 34.0. The fourth-order valence-electron chi connectivity index (χ4n) is 3.18. The summed E-state index contributed by atoms with van der Waals surface area (Å²) < 4.78 is 5.52. The van der Waals surface area contributed by atoms with Gasteiger partial charge in [-0.05, 0) is 71.8 Å². The molecule has 7 heteroatoms. The number of amides is 2. The standard InChI is InChI=1S/C29H25N3O3S/c33-28(31-25-7-3-1-4-8-25)20-35-26-17-13-22(14-18-26)19-30-32-29(34)24-15-11-23(12-16-24)21-36-27-9-5-2-6-10-27/h1-19H,20-21H2,(H,31,33)(H,32,34)/b30-19+. The molecule has 0 radical (unpaired) electrons. The quantitative estimate of drug-likeness (QED) is 0.167. The molecule has 0 bridgehead atoms. The van der Waals surface area contributed by atoms with Gasteiger partial charge in [-0.25, -0.2) is 5.43 Å². The molecule has 4 aromatic rings. The molecule has 180 valence electrons.